The van der Waals surface area contributed by atoms with Gasteiger partial charge in [0.2, 0.25) is 0 Å². The SMILES string of the molecule is CCOc1cc(C2c3c(-c4c(C)cc(C)cc4O)n[nH]c3C(=O)N2Cc2cccnc2)ccc1OCc1ccccc1. The molecular weight excluding hydrogens is 528 g/mol. The maximum absolute atomic E-state index is 13.9. The van der Waals surface area contributed by atoms with Crippen molar-refractivity contribution in [2.75, 3.05) is 6.61 Å². The van der Waals surface area contributed by atoms with Gasteiger partial charge >= 0.3 is 0 Å². The first kappa shape index (κ1) is 27.1. The molecule has 1 aliphatic rings. The highest BCUT2D eigenvalue weighted by Gasteiger charge is 2.43. The molecule has 8 nitrogen and oxygen atoms in total. The molecule has 5 aromatic rings. The second-order valence-electron chi connectivity index (χ2n) is 10.4. The predicted octanol–water partition coefficient (Wildman–Crippen LogP) is 6.52. The lowest BCUT2D eigenvalue weighted by Crippen LogP contribution is -2.29. The zero-order valence-corrected chi connectivity index (χ0v) is 23.8. The highest BCUT2D eigenvalue weighted by atomic mass is 16.5. The average molecular weight is 561 g/mol. The van der Waals surface area contributed by atoms with Crippen molar-refractivity contribution in [2.24, 2.45) is 0 Å². The Balaban J connectivity index is 1.46. The second kappa shape index (κ2) is 11.4. The molecular formula is C34H32N4O4. The van der Waals surface area contributed by atoms with Crippen molar-refractivity contribution in [3.8, 4) is 28.5 Å². The number of aromatic hydroxyl groups is 1. The van der Waals surface area contributed by atoms with Gasteiger partial charge in [-0.3, -0.25) is 14.9 Å². The Morgan fingerprint density at radius 1 is 0.952 bits per heavy atom. The van der Waals surface area contributed by atoms with Crippen LogP contribution in [0.5, 0.6) is 17.2 Å². The van der Waals surface area contributed by atoms with E-state index in [1.54, 1.807) is 23.4 Å². The van der Waals surface area contributed by atoms with E-state index in [0.29, 0.717) is 53.8 Å². The summed E-state index contributed by atoms with van der Waals surface area (Å²) in [6.45, 7) is 6.99. The molecule has 8 heteroatoms. The number of nitrogens with one attached hydrogen (secondary N) is 1. The summed E-state index contributed by atoms with van der Waals surface area (Å²) in [6, 6.07) is 22.8. The van der Waals surface area contributed by atoms with Crippen LogP contribution >= 0.6 is 0 Å². The first-order valence-electron chi connectivity index (χ1n) is 14.0. The van der Waals surface area contributed by atoms with Gasteiger partial charge in [-0.25, -0.2) is 0 Å². The zero-order chi connectivity index (χ0) is 29.2. The molecule has 2 N–H and O–H groups in total. The maximum atomic E-state index is 13.9. The minimum Gasteiger partial charge on any atom is -0.507 e. The summed E-state index contributed by atoms with van der Waals surface area (Å²) in [5.74, 6) is 1.16. The fourth-order valence-corrected chi connectivity index (χ4v) is 5.66. The molecule has 1 aliphatic heterocycles. The van der Waals surface area contributed by atoms with Crippen LogP contribution < -0.4 is 9.47 Å². The molecule has 0 saturated carbocycles. The minimum absolute atomic E-state index is 0.123. The fraction of sp³-hybridized carbons (Fsp3) is 0.206. The van der Waals surface area contributed by atoms with Gasteiger partial charge in [-0.1, -0.05) is 48.5 Å². The van der Waals surface area contributed by atoms with Crippen LogP contribution in [0.3, 0.4) is 0 Å². The van der Waals surface area contributed by atoms with E-state index in [1.807, 2.05) is 87.5 Å². The lowest BCUT2D eigenvalue weighted by atomic mass is 9.93. The van der Waals surface area contributed by atoms with Crippen molar-refractivity contribution in [1.29, 1.82) is 0 Å². The molecule has 0 aliphatic carbocycles. The van der Waals surface area contributed by atoms with Crippen LogP contribution in [-0.2, 0) is 13.2 Å². The molecule has 0 fully saturated rings. The maximum Gasteiger partial charge on any atom is 0.273 e. The van der Waals surface area contributed by atoms with Crippen molar-refractivity contribution in [1.82, 2.24) is 20.1 Å². The summed E-state index contributed by atoms with van der Waals surface area (Å²) >= 11 is 0. The number of nitrogens with zero attached hydrogens (tertiary/aromatic N) is 3. The molecule has 0 spiro atoms. The molecule has 0 saturated heterocycles. The van der Waals surface area contributed by atoms with Crippen molar-refractivity contribution >= 4 is 5.91 Å². The minimum atomic E-state index is -0.496. The number of aromatic nitrogens is 3. The van der Waals surface area contributed by atoms with Crippen LogP contribution in [0.1, 0.15) is 56.8 Å². The molecule has 0 radical (unpaired) electrons. The topological polar surface area (TPSA) is 101 Å². The highest BCUT2D eigenvalue weighted by molar-refractivity contribution is 6.00. The van der Waals surface area contributed by atoms with E-state index < -0.39 is 6.04 Å². The number of hydrogen-bond acceptors (Lipinski definition) is 6. The number of aryl methyl sites for hydroxylation is 2. The lowest BCUT2D eigenvalue weighted by molar-refractivity contribution is 0.0729. The summed E-state index contributed by atoms with van der Waals surface area (Å²) in [7, 11) is 0. The molecule has 1 atom stereocenters. The van der Waals surface area contributed by atoms with Crippen molar-refractivity contribution in [3.05, 3.63) is 124 Å². The number of phenols is 1. The van der Waals surface area contributed by atoms with Gasteiger partial charge in [0.05, 0.1) is 12.6 Å². The first-order chi connectivity index (χ1) is 20.4. The smallest absolute Gasteiger partial charge is 0.273 e. The van der Waals surface area contributed by atoms with Crippen LogP contribution in [0, 0.1) is 13.8 Å². The number of aromatic amines is 1. The van der Waals surface area contributed by atoms with E-state index in [-0.39, 0.29) is 11.7 Å². The number of rotatable bonds is 9. The van der Waals surface area contributed by atoms with Crippen LogP contribution in [-0.4, -0.2) is 37.7 Å². The number of H-pyrrole nitrogens is 1. The molecule has 2 aromatic heterocycles. The number of pyridine rings is 1. The number of benzene rings is 3. The quantitative estimate of drug-likeness (QED) is 0.213. The van der Waals surface area contributed by atoms with Gasteiger partial charge in [0.25, 0.3) is 5.91 Å². The van der Waals surface area contributed by atoms with Gasteiger partial charge in [-0.2, -0.15) is 5.10 Å². The van der Waals surface area contributed by atoms with Crippen LogP contribution in [0.15, 0.2) is 85.2 Å². The lowest BCUT2D eigenvalue weighted by Gasteiger charge is -2.27. The number of carbonyl (C=O) groups is 1. The molecule has 1 amide bonds. The summed E-state index contributed by atoms with van der Waals surface area (Å²) in [5, 5.41) is 18.6. The van der Waals surface area contributed by atoms with Gasteiger partial charge in [0.1, 0.15) is 23.7 Å². The number of fused-ring (bicyclic) bond motifs is 1. The van der Waals surface area contributed by atoms with E-state index in [1.165, 1.54) is 0 Å². The van der Waals surface area contributed by atoms with Crippen LogP contribution in [0.4, 0.5) is 0 Å². The number of amides is 1. The summed E-state index contributed by atoms with van der Waals surface area (Å²) in [5.41, 5.74) is 6.88. The molecule has 3 aromatic carbocycles. The Morgan fingerprint density at radius 2 is 1.76 bits per heavy atom. The van der Waals surface area contributed by atoms with Crippen LogP contribution in [0.25, 0.3) is 11.3 Å². The molecule has 42 heavy (non-hydrogen) atoms. The average Bonchev–Trinajstić information content (AvgIpc) is 3.52. The third-order valence-corrected chi connectivity index (χ3v) is 7.46. The first-order valence-corrected chi connectivity index (χ1v) is 14.0. The Kier molecular flexibility index (Phi) is 7.35. The van der Waals surface area contributed by atoms with E-state index in [2.05, 4.69) is 15.2 Å². The van der Waals surface area contributed by atoms with Gasteiger partial charge < -0.3 is 19.5 Å². The molecule has 212 valence electrons. The zero-order valence-electron chi connectivity index (χ0n) is 23.8. The van der Waals surface area contributed by atoms with E-state index in [0.717, 1.165) is 27.8 Å². The third kappa shape index (κ3) is 5.07. The Bertz CT molecular complexity index is 1710. The van der Waals surface area contributed by atoms with Crippen molar-refractivity contribution in [3.63, 3.8) is 0 Å². The van der Waals surface area contributed by atoms with E-state index >= 15 is 0 Å². The summed E-state index contributed by atoms with van der Waals surface area (Å²) in [4.78, 5) is 20.0. The number of phenolic OH excluding ortho intramolecular Hbond substituents is 1. The van der Waals surface area contributed by atoms with Gasteiger partial charge in [0.15, 0.2) is 11.5 Å². The fourth-order valence-electron chi connectivity index (χ4n) is 5.66. The monoisotopic (exact) mass is 560 g/mol. The molecule has 3 heterocycles. The van der Waals surface area contributed by atoms with Gasteiger partial charge in [-0.15, -0.1) is 0 Å². The molecule has 1 unspecified atom stereocenters. The Hall–Kier alpha value is -5.11. The normalized spacial score (nSPS) is 14.2. The second-order valence-corrected chi connectivity index (χ2v) is 10.4. The molecule has 0 bridgehead atoms. The number of carbonyl (C=O) groups excluding carboxylic acids is 1. The van der Waals surface area contributed by atoms with Crippen LogP contribution in [0.2, 0.25) is 0 Å². The Labute approximate surface area is 244 Å². The van der Waals surface area contributed by atoms with Gasteiger partial charge in [-0.05, 0) is 72.9 Å². The standard InChI is InChI=1S/C34H32N4O4/c1-4-41-28-17-25(12-13-27(28)42-20-23-9-6-5-7-10-23)33-30-31(29-22(3)15-21(2)16-26(29)39)36-37-32(30)34(40)38(33)19-24-11-8-14-35-18-24/h5-18,33,39H,4,19-20H2,1-3H3,(H,36,37). The largest absolute Gasteiger partial charge is 0.507 e. The van der Waals surface area contributed by atoms with Crippen molar-refractivity contribution in [2.45, 2.75) is 40.0 Å². The summed E-state index contributed by atoms with van der Waals surface area (Å²) in [6.07, 6.45) is 3.47. The number of hydrogen-bond donors (Lipinski definition) is 2. The van der Waals surface area contributed by atoms with Gasteiger partial charge in [0, 0.05) is 30.1 Å². The predicted molar refractivity (Wildman–Crippen MR) is 160 cm³/mol. The molecule has 6 rings (SSSR count). The van der Waals surface area contributed by atoms with Crippen molar-refractivity contribution < 1.29 is 19.4 Å². The summed E-state index contributed by atoms with van der Waals surface area (Å²) < 4.78 is 12.2. The van der Waals surface area contributed by atoms with E-state index in [9.17, 15) is 9.90 Å². The van der Waals surface area contributed by atoms with E-state index in [4.69, 9.17) is 9.47 Å². The number of ether oxygens (including phenoxy) is 2. The highest BCUT2D eigenvalue weighted by Crippen LogP contribution is 2.47. The Morgan fingerprint density at radius 3 is 2.50 bits per heavy atom. The third-order valence-electron chi connectivity index (χ3n) is 7.46.